The van der Waals surface area contributed by atoms with E-state index in [0.717, 1.165) is 38.7 Å². The number of methoxy groups -OCH3 is 1. The lowest BCUT2D eigenvalue weighted by molar-refractivity contribution is 0.160. The van der Waals surface area contributed by atoms with E-state index < -0.39 is 0 Å². The van der Waals surface area contributed by atoms with Crippen LogP contribution in [-0.4, -0.2) is 51.8 Å². The van der Waals surface area contributed by atoms with Crippen molar-refractivity contribution in [2.45, 2.75) is 33.1 Å². The summed E-state index contributed by atoms with van der Waals surface area (Å²) in [6, 6.07) is 0. The molecule has 0 aromatic heterocycles. The molecule has 0 aliphatic heterocycles. The Labute approximate surface area is 102 Å². The van der Waals surface area contributed by atoms with Crippen molar-refractivity contribution in [3.05, 3.63) is 0 Å². The van der Waals surface area contributed by atoms with E-state index in [1.807, 2.05) is 0 Å². The van der Waals surface area contributed by atoms with Gasteiger partial charge < -0.3 is 15.0 Å². The van der Waals surface area contributed by atoms with Gasteiger partial charge in [0, 0.05) is 13.7 Å². The quantitative estimate of drug-likeness (QED) is 0.549. The minimum atomic E-state index is 0.816. The summed E-state index contributed by atoms with van der Waals surface area (Å²) in [6.07, 6.45) is 3.85. The van der Waals surface area contributed by atoms with Crippen molar-refractivity contribution in [2.24, 2.45) is 5.92 Å². The van der Waals surface area contributed by atoms with Gasteiger partial charge in [0.05, 0.1) is 6.61 Å². The lowest BCUT2D eigenvalue weighted by atomic mass is 10.1. The molecule has 0 rings (SSSR count). The van der Waals surface area contributed by atoms with Crippen molar-refractivity contribution in [2.75, 3.05) is 46.9 Å². The SMILES string of the molecule is CCCC(C)CNCCCN(C)CCOC. The Morgan fingerprint density at radius 3 is 2.69 bits per heavy atom. The second kappa shape index (κ2) is 11.4. The molecule has 0 amide bonds. The highest BCUT2D eigenvalue weighted by Gasteiger charge is 2.00. The second-order valence-electron chi connectivity index (χ2n) is 4.75. The Morgan fingerprint density at radius 1 is 1.31 bits per heavy atom. The number of ether oxygens (including phenoxy) is 1. The van der Waals surface area contributed by atoms with Gasteiger partial charge in [-0.3, -0.25) is 0 Å². The molecule has 0 aliphatic rings. The lowest BCUT2D eigenvalue weighted by Crippen LogP contribution is -2.28. The Bertz CT molecular complexity index is 142. The molecule has 0 aromatic carbocycles. The van der Waals surface area contributed by atoms with Gasteiger partial charge in [-0.15, -0.1) is 0 Å². The molecule has 1 unspecified atom stereocenters. The minimum Gasteiger partial charge on any atom is -0.383 e. The summed E-state index contributed by atoms with van der Waals surface area (Å²) in [7, 11) is 3.91. The molecule has 16 heavy (non-hydrogen) atoms. The number of likely N-dealkylation sites (N-methyl/N-ethyl adjacent to an activating group) is 1. The van der Waals surface area contributed by atoms with Crippen molar-refractivity contribution in [1.29, 1.82) is 0 Å². The molecule has 0 aromatic rings. The van der Waals surface area contributed by atoms with Crippen molar-refractivity contribution < 1.29 is 4.74 Å². The summed E-state index contributed by atoms with van der Waals surface area (Å²) in [5.41, 5.74) is 0. The van der Waals surface area contributed by atoms with E-state index in [1.54, 1.807) is 7.11 Å². The van der Waals surface area contributed by atoms with Crippen LogP contribution in [0.25, 0.3) is 0 Å². The fourth-order valence-corrected chi connectivity index (χ4v) is 1.78. The van der Waals surface area contributed by atoms with Crippen LogP contribution in [0.4, 0.5) is 0 Å². The molecule has 0 fully saturated rings. The van der Waals surface area contributed by atoms with E-state index in [-0.39, 0.29) is 0 Å². The zero-order valence-electron chi connectivity index (χ0n) is 11.6. The highest BCUT2D eigenvalue weighted by atomic mass is 16.5. The molecule has 0 spiro atoms. The van der Waals surface area contributed by atoms with Gasteiger partial charge >= 0.3 is 0 Å². The van der Waals surface area contributed by atoms with Crippen LogP contribution in [0.15, 0.2) is 0 Å². The topological polar surface area (TPSA) is 24.5 Å². The van der Waals surface area contributed by atoms with E-state index in [1.165, 1.54) is 19.3 Å². The van der Waals surface area contributed by atoms with Crippen LogP contribution in [-0.2, 0) is 4.74 Å². The van der Waals surface area contributed by atoms with E-state index in [0.29, 0.717) is 0 Å². The standard InChI is InChI=1S/C13H30N2O/c1-5-7-13(2)12-14-8-6-9-15(3)10-11-16-4/h13-14H,5-12H2,1-4H3. The van der Waals surface area contributed by atoms with Gasteiger partial charge in [-0.05, 0) is 45.4 Å². The second-order valence-corrected chi connectivity index (χ2v) is 4.75. The Kier molecular flexibility index (Phi) is 11.3. The first-order chi connectivity index (χ1) is 7.70. The fourth-order valence-electron chi connectivity index (χ4n) is 1.78. The summed E-state index contributed by atoms with van der Waals surface area (Å²) in [6.45, 7) is 9.88. The Morgan fingerprint density at radius 2 is 2.06 bits per heavy atom. The number of nitrogens with zero attached hydrogens (tertiary/aromatic N) is 1. The molecule has 1 atom stereocenters. The largest absolute Gasteiger partial charge is 0.383 e. The van der Waals surface area contributed by atoms with Crippen molar-refractivity contribution in [3.8, 4) is 0 Å². The third-order valence-electron chi connectivity index (χ3n) is 2.84. The average molecular weight is 230 g/mol. The Balaban J connectivity index is 3.19. The number of rotatable bonds is 11. The molecule has 3 nitrogen and oxygen atoms in total. The Hall–Kier alpha value is -0.120. The predicted molar refractivity (Wildman–Crippen MR) is 70.9 cm³/mol. The summed E-state index contributed by atoms with van der Waals surface area (Å²) in [5.74, 6) is 0.816. The number of hydrogen-bond acceptors (Lipinski definition) is 3. The first kappa shape index (κ1) is 15.9. The molecule has 0 radical (unpaired) electrons. The van der Waals surface area contributed by atoms with Crippen LogP contribution in [0.1, 0.15) is 33.1 Å². The van der Waals surface area contributed by atoms with Crippen LogP contribution in [0.2, 0.25) is 0 Å². The van der Waals surface area contributed by atoms with Gasteiger partial charge in [-0.2, -0.15) is 0 Å². The van der Waals surface area contributed by atoms with Crippen molar-refractivity contribution >= 4 is 0 Å². The maximum atomic E-state index is 5.04. The normalized spacial score (nSPS) is 13.3. The zero-order chi connectivity index (χ0) is 12.2. The van der Waals surface area contributed by atoms with E-state index in [2.05, 4.69) is 31.1 Å². The van der Waals surface area contributed by atoms with E-state index in [9.17, 15) is 0 Å². The minimum absolute atomic E-state index is 0.816. The average Bonchev–Trinajstić information content (AvgIpc) is 2.26. The molecule has 0 aliphatic carbocycles. The smallest absolute Gasteiger partial charge is 0.0589 e. The first-order valence-electron chi connectivity index (χ1n) is 6.58. The molecule has 0 saturated heterocycles. The molecule has 98 valence electrons. The van der Waals surface area contributed by atoms with Crippen LogP contribution in [0.5, 0.6) is 0 Å². The van der Waals surface area contributed by atoms with E-state index in [4.69, 9.17) is 4.74 Å². The van der Waals surface area contributed by atoms with Crippen LogP contribution in [0, 0.1) is 5.92 Å². The van der Waals surface area contributed by atoms with Crippen molar-refractivity contribution in [3.63, 3.8) is 0 Å². The summed E-state index contributed by atoms with van der Waals surface area (Å²) in [5, 5.41) is 3.52. The molecule has 0 heterocycles. The van der Waals surface area contributed by atoms with Gasteiger partial charge in [0.15, 0.2) is 0 Å². The molecule has 3 heteroatoms. The maximum Gasteiger partial charge on any atom is 0.0589 e. The van der Waals surface area contributed by atoms with Crippen molar-refractivity contribution in [1.82, 2.24) is 10.2 Å². The summed E-state index contributed by atoms with van der Waals surface area (Å²) in [4.78, 5) is 2.32. The number of nitrogens with one attached hydrogen (secondary N) is 1. The lowest BCUT2D eigenvalue weighted by Gasteiger charge is -2.16. The van der Waals surface area contributed by atoms with Gasteiger partial charge in [-0.25, -0.2) is 0 Å². The van der Waals surface area contributed by atoms with Gasteiger partial charge in [0.1, 0.15) is 0 Å². The fraction of sp³-hybridized carbons (Fsp3) is 1.00. The monoisotopic (exact) mass is 230 g/mol. The predicted octanol–water partition coefficient (Wildman–Crippen LogP) is 1.98. The van der Waals surface area contributed by atoms with E-state index >= 15 is 0 Å². The van der Waals surface area contributed by atoms with Gasteiger partial charge in [0.25, 0.3) is 0 Å². The summed E-state index contributed by atoms with van der Waals surface area (Å²) >= 11 is 0. The number of hydrogen-bond donors (Lipinski definition) is 1. The molecular weight excluding hydrogens is 200 g/mol. The molecule has 0 saturated carbocycles. The maximum absolute atomic E-state index is 5.04. The summed E-state index contributed by atoms with van der Waals surface area (Å²) < 4.78 is 5.04. The third-order valence-corrected chi connectivity index (χ3v) is 2.84. The third kappa shape index (κ3) is 10.4. The van der Waals surface area contributed by atoms with Crippen LogP contribution in [0.3, 0.4) is 0 Å². The molecular formula is C13H30N2O. The molecule has 0 bridgehead atoms. The first-order valence-corrected chi connectivity index (χ1v) is 6.58. The van der Waals surface area contributed by atoms with Gasteiger partial charge in [0.2, 0.25) is 0 Å². The van der Waals surface area contributed by atoms with Crippen LogP contribution >= 0.6 is 0 Å². The molecule has 1 N–H and O–H groups in total. The van der Waals surface area contributed by atoms with Crippen LogP contribution < -0.4 is 5.32 Å². The highest BCUT2D eigenvalue weighted by molar-refractivity contribution is 4.58. The van der Waals surface area contributed by atoms with Gasteiger partial charge in [-0.1, -0.05) is 20.3 Å². The highest BCUT2D eigenvalue weighted by Crippen LogP contribution is 2.02. The zero-order valence-corrected chi connectivity index (χ0v) is 11.6.